The highest BCUT2D eigenvalue weighted by Gasteiger charge is 2.15. The third kappa shape index (κ3) is 5.38. The molecule has 1 amide bonds. The minimum atomic E-state index is -0.0262. The second-order valence-corrected chi connectivity index (χ2v) is 6.05. The standard InChI is InChI=1S/C17H29N3O/c1-12(2)19-10-15-7-8-16(13(3)9-15)20(6)11-14(4)17(21)18-5/h7-9,12,14,19H,10-11H2,1-6H3,(H,18,21). The lowest BCUT2D eigenvalue weighted by molar-refractivity contribution is -0.123. The number of benzene rings is 1. The molecule has 0 spiro atoms. The van der Waals surface area contributed by atoms with E-state index in [4.69, 9.17) is 0 Å². The van der Waals surface area contributed by atoms with Gasteiger partial charge in [-0.25, -0.2) is 0 Å². The second-order valence-electron chi connectivity index (χ2n) is 6.05. The van der Waals surface area contributed by atoms with E-state index in [2.05, 4.69) is 54.5 Å². The predicted molar refractivity (Wildman–Crippen MR) is 89.7 cm³/mol. The number of carbonyl (C=O) groups excluding carboxylic acids is 1. The van der Waals surface area contributed by atoms with Gasteiger partial charge in [0.1, 0.15) is 0 Å². The summed E-state index contributed by atoms with van der Waals surface area (Å²) in [5.74, 6) is 0.0546. The molecule has 0 heterocycles. The van der Waals surface area contributed by atoms with Gasteiger partial charge in [0.05, 0.1) is 5.92 Å². The molecule has 2 N–H and O–H groups in total. The first-order chi connectivity index (χ1) is 9.85. The molecular formula is C17H29N3O. The molecule has 1 rings (SSSR count). The van der Waals surface area contributed by atoms with E-state index < -0.39 is 0 Å². The molecule has 0 saturated heterocycles. The number of carbonyl (C=O) groups is 1. The molecule has 21 heavy (non-hydrogen) atoms. The molecule has 0 aliphatic heterocycles. The molecule has 0 fully saturated rings. The normalized spacial score (nSPS) is 12.3. The smallest absolute Gasteiger partial charge is 0.224 e. The van der Waals surface area contributed by atoms with Crippen molar-refractivity contribution in [3.63, 3.8) is 0 Å². The van der Waals surface area contributed by atoms with Gasteiger partial charge in [0, 0.05) is 38.9 Å². The fourth-order valence-corrected chi connectivity index (χ4v) is 2.42. The van der Waals surface area contributed by atoms with Gasteiger partial charge in [0.25, 0.3) is 0 Å². The van der Waals surface area contributed by atoms with Crippen LogP contribution < -0.4 is 15.5 Å². The van der Waals surface area contributed by atoms with E-state index in [1.807, 2.05) is 14.0 Å². The van der Waals surface area contributed by atoms with Crippen molar-refractivity contribution in [2.75, 3.05) is 25.5 Å². The quantitative estimate of drug-likeness (QED) is 0.810. The molecule has 4 nitrogen and oxygen atoms in total. The Morgan fingerprint density at radius 3 is 2.48 bits per heavy atom. The van der Waals surface area contributed by atoms with Gasteiger partial charge in [-0.2, -0.15) is 0 Å². The zero-order chi connectivity index (χ0) is 16.0. The van der Waals surface area contributed by atoms with Crippen LogP contribution in [0.3, 0.4) is 0 Å². The van der Waals surface area contributed by atoms with E-state index in [9.17, 15) is 4.79 Å². The maximum absolute atomic E-state index is 11.6. The first kappa shape index (κ1) is 17.5. The predicted octanol–water partition coefficient (Wildman–Crippen LogP) is 2.31. The van der Waals surface area contributed by atoms with Gasteiger partial charge in [0.2, 0.25) is 5.91 Å². The Morgan fingerprint density at radius 1 is 1.29 bits per heavy atom. The molecule has 0 aromatic heterocycles. The van der Waals surface area contributed by atoms with Gasteiger partial charge < -0.3 is 15.5 Å². The highest BCUT2D eigenvalue weighted by molar-refractivity contribution is 5.78. The number of hydrogen-bond donors (Lipinski definition) is 2. The molecule has 0 radical (unpaired) electrons. The molecular weight excluding hydrogens is 262 g/mol. The Bertz CT molecular complexity index is 471. The fourth-order valence-electron chi connectivity index (χ4n) is 2.42. The summed E-state index contributed by atoms with van der Waals surface area (Å²) in [5.41, 5.74) is 3.71. The Hall–Kier alpha value is -1.55. The number of nitrogens with zero attached hydrogens (tertiary/aromatic N) is 1. The van der Waals surface area contributed by atoms with Crippen LogP contribution in [-0.2, 0) is 11.3 Å². The molecule has 1 atom stereocenters. The molecule has 0 aliphatic carbocycles. The third-order valence-corrected chi connectivity index (χ3v) is 3.63. The topological polar surface area (TPSA) is 44.4 Å². The summed E-state index contributed by atoms with van der Waals surface area (Å²) in [5, 5.41) is 6.12. The molecule has 4 heteroatoms. The van der Waals surface area contributed by atoms with Gasteiger partial charge in [-0.05, 0) is 24.1 Å². The summed E-state index contributed by atoms with van der Waals surface area (Å²) in [4.78, 5) is 13.8. The fraction of sp³-hybridized carbons (Fsp3) is 0.588. The van der Waals surface area contributed by atoms with Crippen molar-refractivity contribution in [1.82, 2.24) is 10.6 Å². The SMILES string of the molecule is CNC(=O)C(C)CN(C)c1ccc(CNC(C)C)cc1C. The molecule has 118 valence electrons. The molecule has 0 saturated carbocycles. The van der Waals surface area contributed by atoms with Crippen LogP contribution in [0.5, 0.6) is 0 Å². The zero-order valence-electron chi connectivity index (χ0n) is 14.2. The van der Waals surface area contributed by atoms with Crippen molar-refractivity contribution in [2.24, 2.45) is 5.92 Å². The van der Waals surface area contributed by atoms with E-state index in [0.717, 1.165) is 6.54 Å². The van der Waals surface area contributed by atoms with Gasteiger partial charge >= 0.3 is 0 Å². The van der Waals surface area contributed by atoms with E-state index in [0.29, 0.717) is 12.6 Å². The summed E-state index contributed by atoms with van der Waals surface area (Å²) in [6, 6.07) is 6.99. The van der Waals surface area contributed by atoms with E-state index in [-0.39, 0.29) is 11.8 Å². The summed E-state index contributed by atoms with van der Waals surface area (Å²) >= 11 is 0. The number of aryl methyl sites for hydroxylation is 1. The average molecular weight is 291 g/mol. The highest BCUT2D eigenvalue weighted by atomic mass is 16.1. The van der Waals surface area contributed by atoms with Gasteiger partial charge in [-0.15, -0.1) is 0 Å². The lowest BCUT2D eigenvalue weighted by Gasteiger charge is -2.25. The maximum atomic E-state index is 11.6. The van der Waals surface area contributed by atoms with Crippen LogP contribution in [0.4, 0.5) is 5.69 Å². The van der Waals surface area contributed by atoms with E-state index >= 15 is 0 Å². The van der Waals surface area contributed by atoms with Crippen LogP contribution in [0, 0.1) is 12.8 Å². The largest absolute Gasteiger partial charge is 0.374 e. The number of nitrogens with one attached hydrogen (secondary N) is 2. The lowest BCUT2D eigenvalue weighted by Crippen LogP contribution is -2.34. The first-order valence-electron chi connectivity index (χ1n) is 7.60. The van der Waals surface area contributed by atoms with Crippen molar-refractivity contribution >= 4 is 11.6 Å². The van der Waals surface area contributed by atoms with Gasteiger partial charge in [-0.3, -0.25) is 4.79 Å². The Kier molecular flexibility index (Phi) is 6.69. The van der Waals surface area contributed by atoms with E-state index in [1.165, 1.54) is 16.8 Å². The van der Waals surface area contributed by atoms with Crippen molar-refractivity contribution in [3.8, 4) is 0 Å². The summed E-state index contributed by atoms with van der Waals surface area (Å²) in [6.07, 6.45) is 0. The molecule has 0 bridgehead atoms. The molecule has 1 unspecified atom stereocenters. The van der Waals surface area contributed by atoms with Crippen LogP contribution in [0.2, 0.25) is 0 Å². The third-order valence-electron chi connectivity index (χ3n) is 3.63. The molecule has 1 aromatic rings. The minimum Gasteiger partial charge on any atom is -0.374 e. The van der Waals surface area contributed by atoms with Crippen LogP contribution in [0.15, 0.2) is 18.2 Å². The van der Waals surface area contributed by atoms with Crippen LogP contribution in [0.25, 0.3) is 0 Å². The average Bonchev–Trinajstić information content (AvgIpc) is 2.43. The highest BCUT2D eigenvalue weighted by Crippen LogP contribution is 2.21. The maximum Gasteiger partial charge on any atom is 0.224 e. The first-order valence-corrected chi connectivity index (χ1v) is 7.60. The number of hydrogen-bond acceptors (Lipinski definition) is 3. The number of amides is 1. The minimum absolute atomic E-state index is 0.0262. The Labute approximate surface area is 128 Å². The summed E-state index contributed by atoms with van der Waals surface area (Å²) < 4.78 is 0. The van der Waals surface area contributed by atoms with Crippen LogP contribution in [0.1, 0.15) is 31.9 Å². The Balaban J connectivity index is 2.72. The van der Waals surface area contributed by atoms with Crippen molar-refractivity contribution < 1.29 is 4.79 Å². The van der Waals surface area contributed by atoms with Crippen molar-refractivity contribution in [3.05, 3.63) is 29.3 Å². The summed E-state index contributed by atoms with van der Waals surface area (Å²) in [6.45, 7) is 9.96. The monoisotopic (exact) mass is 291 g/mol. The van der Waals surface area contributed by atoms with Crippen molar-refractivity contribution in [1.29, 1.82) is 0 Å². The lowest BCUT2D eigenvalue weighted by atomic mass is 10.1. The molecule has 0 aliphatic rings. The molecule has 1 aromatic carbocycles. The summed E-state index contributed by atoms with van der Waals surface area (Å²) in [7, 11) is 3.72. The second kappa shape index (κ2) is 8.03. The van der Waals surface area contributed by atoms with Crippen LogP contribution in [-0.4, -0.2) is 32.6 Å². The van der Waals surface area contributed by atoms with Gasteiger partial charge in [-0.1, -0.05) is 32.9 Å². The van der Waals surface area contributed by atoms with Gasteiger partial charge in [0.15, 0.2) is 0 Å². The Morgan fingerprint density at radius 2 is 1.95 bits per heavy atom. The van der Waals surface area contributed by atoms with E-state index in [1.54, 1.807) is 7.05 Å². The van der Waals surface area contributed by atoms with Crippen molar-refractivity contribution in [2.45, 2.75) is 40.3 Å². The van der Waals surface area contributed by atoms with Crippen LogP contribution >= 0.6 is 0 Å². The zero-order valence-corrected chi connectivity index (χ0v) is 14.2. The number of rotatable bonds is 7. The number of anilines is 1.